The van der Waals surface area contributed by atoms with E-state index >= 15 is 0 Å². The molecule has 1 aromatic carbocycles. The molecule has 0 aliphatic heterocycles. The Bertz CT molecular complexity index is 702. The van der Waals surface area contributed by atoms with Gasteiger partial charge in [-0.05, 0) is 6.07 Å². The number of benzene rings is 1. The van der Waals surface area contributed by atoms with Gasteiger partial charge in [0.2, 0.25) is 0 Å². The molecule has 0 unspecified atom stereocenters. The molecule has 1 aromatic heterocycles. The van der Waals surface area contributed by atoms with Crippen LogP contribution in [0.1, 0.15) is 10.5 Å². The molecule has 0 bridgehead atoms. The smallest absolute Gasteiger partial charge is 0.323 e. The second kappa shape index (κ2) is 4.64. The van der Waals surface area contributed by atoms with E-state index in [9.17, 15) is 24.8 Å². The summed E-state index contributed by atoms with van der Waals surface area (Å²) >= 11 is 0. The Morgan fingerprint density at radius 1 is 1.42 bits per heavy atom. The normalized spacial score (nSPS) is 10.1. The number of carbonyl (C=O) groups is 1. The molecule has 4 N–H and O–H groups in total. The number of aromatic amines is 2. The van der Waals surface area contributed by atoms with Crippen LogP contribution in [0.25, 0.3) is 0 Å². The number of aromatic hydroxyl groups is 1. The van der Waals surface area contributed by atoms with Gasteiger partial charge in [-0.2, -0.15) is 0 Å². The van der Waals surface area contributed by atoms with Crippen LogP contribution in [0, 0.1) is 10.1 Å². The summed E-state index contributed by atoms with van der Waals surface area (Å²) in [4.78, 5) is 37.0. The third-order valence-electron chi connectivity index (χ3n) is 2.30. The van der Waals surface area contributed by atoms with Gasteiger partial charge in [-0.15, -0.1) is 0 Å². The van der Waals surface area contributed by atoms with Gasteiger partial charge in [0.1, 0.15) is 11.4 Å². The number of rotatable bonds is 3. The number of para-hydroxylation sites is 1. The van der Waals surface area contributed by atoms with E-state index in [0.29, 0.717) is 0 Å². The van der Waals surface area contributed by atoms with Crippen LogP contribution in [0.2, 0.25) is 0 Å². The molecular weight excluding hydrogens is 256 g/mol. The predicted molar refractivity (Wildman–Crippen MR) is 64.1 cm³/mol. The van der Waals surface area contributed by atoms with Gasteiger partial charge in [0.15, 0.2) is 5.69 Å². The van der Waals surface area contributed by atoms with Crippen molar-refractivity contribution in [2.24, 2.45) is 0 Å². The first-order valence-electron chi connectivity index (χ1n) is 5.04. The fraction of sp³-hybridized carbons (Fsp3) is 0. The Morgan fingerprint density at radius 2 is 2.16 bits per heavy atom. The summed E-state index contributed by atoms with van der Waals surface area (Å²) in [5, 5.41) is 22.5. The second-order valence-electron chi connectivity index (χ2n) is 3.54. The summed E-state index contributed by atoms with van der Waals surface area (Å²) in [5.74, 6) is -1.23. The molecule has 9 heteroatoms. The number of imidazole rings is 1. The highest BCUT2D eigenvalue weighted by atomic mass is 16.6. The van der Waals surface area contributed by atoms with Gasteiger partial charge in [0.25, 0.3) is 11.6 Å². The number of nitro benzene ring substituents is 1. The quantitative estimate of drug-likeness (QED) is 0.364. The Labute approximate surface area is 105 Å². The number of hydrogen-bond donors (Lipinski definition) is 4. The molecule has 9 nitrogen and oxygen atoms in total. The van der Waals surface area contributed by atoms with Gasteiger partial charge in [-0.3, -0.25) is 14.9 Å². The first-order valence-corrected chi connectivity index (χ1v) is 5.04. The minimum Gasteiger partial charge on any atom is -0.505 e. The summed E-state index contributed by atoms with van der Waals surface area (Å²) in [5.41, 5.74) is -1.48. The average Bonchev–Trinajstić information content (AvgIpc) is 2.78. The van der Waals surface area contributed by atoms with E-state index in [1.165, 1.54) is 12.1 Å². The van der Waals surface area contributed by atoms with Crippen molar-refractivity contribution in [2.45, 2.75) is 0 Å². The third kappa shape index (κ3) is 2.44. The highest BCUT2D eigenvalue weighted by Gasteiger charge is 2.20. The molecule has 0 spiro atoms. The van der Waals surface area contributed by atoms with Crippen molar-refractivity contribution < 1.29 is 14.8 Å². The molecule has 0 aliphatic rings. The molecule has 2 rings (SSSR count). The molecule has 0 saturated heterocycles. The van der Waals surface area contributed by atoms with E-state index in [4.69, 9.17) is 0 Å². The number of anilines is 1. The fourth-order valence-corrected chi connectivity index (χ4v) is 1.44. The summed E-state index contributed by atoms with van der Waals surface area (Å²) in [6.07, 6.45) is 1.11. The first-order chi connectivity index (χ1) is 8.99. The Balaban J connectivity index is 2.36. The molecule has 1 amide bonds. The van der Waals surface area contributed by atoms with Crippen molar-refractivity contribution in [3.63, 3.8) is 0 Å². The molecule has 0 saturated carbocycles. The van der Waals surface area contributed by atoms with Crippen LogP contribution >= 0.6 is 0 Å². The topological polar surface area (TPSA) is 141 Å². The van der Waals surface area contributed by atoms with E-state index in [1.807, 2.05) is 0 Å². The summed E-state index contributed by atoms with van der Waals surface area (Å²) in [6.45, 7) is 0. The van der Waals surface area contributed by atoms with Crippen LogP contribution in [0.15, 0.2) is 29.2 Å². The van der Waals surface area contributed by atoms with Crippen molar-refractivity contribution >= 4 is 17.3 Å². The first kappa shape index (κ1) is 12.4. The predicted octanol–water partition coefficient (Wildman–Crippen LogP) is 0.569. The zero-order valence-electron chi connectivity index (χ0n) is 9.34. The van der Waals surface area contributed by atoms with E-state index in [2.05, 4.69) is 15.3 Å². The molecule has 0 fully saturated rings. The molecule has 19 heavy (non-hydrogen) atoms. The standard InChI is InChI=1S/C10H8N4O5/c15-7-3-1-2-6(14(18)19)8(7)13-9(16)5-4-11-10(17)12-5/h1-4,15H,(H,13,16)(H2,11,12,17). The van der Waals surface area contributed by atoms with E-state index < -0.39 is 28.0 Å². The Morgan fingerprint density at radius 3 is 2.74 bits per heavy atom. The monoisotopic (exact) mass is 264 g/mol. The van der Waals surface area contributed by atoms with E-state index in [-0.39, 0.29) is 11.4 Å². The number of aromatic nitrogens is 2. The average molecular weight is 264 g/mol. The number of hydrogen-bond acceptors (Lipinski definition) is 5. The van der Waals surface area contributed by atoms with Gasteiger partial charge in [-0.1, -0.05) is 6.07 Å². The van der Waals surface area contributed by atoms with Gasteiger partial charge in [-0.25, -0.2) is 4.79 Å². The van der Waals surface area contributed by atoms with Crippen LogP contribution in [-0.4, -0.2) is 25.9 Å². The lowest BCUT2D eigenvalue weighted by atomic mass is 10.2. The lowest BCUT2D eigenvalue weighted by molar-refractivity contribution is -0.384. The molecule has 0 aliphatic carbocycles. The lowest BCUT2D eigenvalue weighted by Crippen LogP contribution is -2.15. The van der Waals surface area contributed by atoms with Gasteiger partial charge in [0.05, 0.1) is 4.92 Å². The van der Waals surface area contributed by atoms with Crippen LogP contribution in [0.3, 0.4) is 0 Å². The fourth-order valence-electron chi connectivity index (χ4n) is 1.44. The van der Waals surface area contributed by atoms with E-state index in [0.717, 1.165) is 12.3 Å². The maximum Gasteiger partial charge on any atom is 0.323 e. The molecular formula is C10H8N4O5. The van der Waals surface area contributed by atoms with Crippen molar-refractivity contribution in [1.29, 1.82) is 0 Å². The Hall–Kier alpha value is -3.10. The van der Waals surface area contributed by atoms with Crippen LogP contribution < -0.4 is 11.0 Å². The van der Waals surface area contributed by atoms with Gasteiger partial charge in [0, 0.05) is 12.3 Å². The molecule has 2 aromatic rings. The summed E-state index contributed by atoms with van der Waals surface area (Å²) in [6, 6.07) is 3.61. The van der Waals surface area contributed by atoms with Crippen molar-refractivity contribution in [1.82, 2.24) is 9.97 Å². The maximum atomic E-state index is 11.7. The number of phenols is 1. The zero-order chi connectivity index (χ0) is 14.0. The molecule has 0 radical (unpaired) electrons. The number of carbonyl (C=O) groups excluding carboxylic acids is 1. The lowest BCUT2D eigenvalue weighted by Gasteiger charge is -2.06. The maximum absolute atomic E-state index is 11.7. The van der Waals surface area contributed by atoms with Crippen molar-refractivity contribution in [3.8, 4) is 5.75 Å². The highest BCUT2D eigenvalue weighted by Crippen LogP contribution is 2.33. The van der Waals surface area contributed by atoms with Crippen molar-refractivity contribution in [3.05, 3.63) is 50.7 Å². The minimum atomic E-state index is -0.789. The molecule has 98 valence electrons. The SMILES string of the molecule is O=C(Nc1c(O)cccc1[N+](=O)[O-])c1c[nH]c(=O)[nH]1. The number of amides is 1. The van der Waals surface area contributed by atoms with Gasteiger partial charge >= 0.3 is 5.69 Å². The number of nitrogens with one attached hydrogen (secondary N) is 3. The van der Waals surface area contributed by atoms with Gasteiger partial charge < -0.3 is 20.4 Å². The third-order valence-corrected chi connectivity index (χ3v) is 2.30. The number of H-pyrrole nitrogens is 2. The number of nitro groups is 1. The highest BCUT2D eigenvalue weighted by molar-refractivity contribution is 6.04. The number of phenolic OH excluding ortho intramolecular Hbond substituents is 1. The second-order valence-corrected chi connectivity index (χ2v) is 3.54. The molecule has 1 heterocycles. The Kier molecular flexibility index (Phi) is 3.02. The van der Waals surface area contributed by atoms with Crippen molar-refractivity contribution in [2.75, 3.05) is 5.32 Å². The summed E-state index contributed by atoms with van der Waals surface area (Å²) < 4.78 is 0. The minimum absolute atomic E-state index is 0.109. The number of nitrogens with zero attached hydrogens (tertiary/aromatic N) is 1. The zero-order valence-corrected chi connectivity index (χ0v) is 9.34. The summed E-state index contributed by atoms with van der Waals surface area (Å²) in [7, 11) is 0. The van der Waals surface area contributed by atoms with E-state index in [1.54, 1.807) is 0 Å². The van der Waals surface area contributed by atoms with Crippen LogP contribution in [0.4, 0.5) is 11.4 Å². The molecule has 0 atom stereocenters. The largest absolute Gasteiger partial charge is 0.505 e. The van der Waals surface area contributed by atoms with Crippen LogP contribution in [0.5, 0.6) is 5.75 Å². The van der Waals surface area contributed by atoms with Crippen LogP contribution in [-0.2, 0) is 0 Å².